The maximum atomic E-state index is 13.1. The Morgan fingerprint density at radius 2 is 1.84 bits per heavy atom. The second-order valence-electron chi connectivity index (χ2n) is 9.09. The van der Waals surface area contributed by atoms with E-state index in [0.717, 1.165) is 5.57 Å². The van der Waals surface area contributed by atoms with E-state index in [0.29, 0.717) is 25.2 Å². The minimum atomic E-state index is -1.87. The zero-order valence-corrected chi connectivity index (χ0v) is 19.8. The first-order valence-corrected chi connectivity index (χ1v) is 14.1. The van der Waals surface area contributed by atoms with Gasteiger partial charge in [-0.05, 0) is 38.6 Å². The minimum Gasteiger partial charge on any atom is -0.457 e. The van der Waals surface area contributed by atoms with Gasteiger partial charge in [0.1, 0.15) is 18.9 Å². The van der Waals surface area contributed by atoms with E-state index in [9.17, 15) is 14.4 Å². The highest BCUT2D eigenvalue weighted by atomic mass is 28.4. The van der Waals surface area contributed by atoms with Gasteiger partial charge in [0.05, 0.1) is 18.1 Å². The number of fused-ring (bicyclic) bond motifs is 3. The number of hydrogen-bond donors (Lipinski definition) is 0. The molecule has 0 aromatic rings. The average Bonchev–Trinajstić information content (AvgIpc) is 2.98. The van der Waals surface area contributed by atoms with Gasteiger partial charge < -0.3 is 23.7 Å². The zero-order valence-electron chi connectivity index (χ0n) is 18.8. The van der Waals surface area contributed by atoms with E-state index in [-0.39, 0.29) is 43.1 Å². The molecular weight excluding hydrogens is 416 g/mol. The van der Waals surface area contributed by atoms with E-state index >= 15 is 0 Å². The zero-order chi connectivity index (χ0) is 22.9. The molecule has 170 valence electrons. The summed E-state index contributed by atoms with van der Waals surface area (Å²) in [6.45, 7) is 16.3. The molecule has 4 atom stereocenters. The predicted molar refractivity (Wildman–Crippen MR) is 117 cm³/mol. The fourth-order valence-electron chi connectivity index (χ4n) is 4.79. The molecule has 3 aliphatic rings. The van der Waals surface area contributed by atoms with Crippen molar-refractivity contribution < 1.29 is 28.3 Å². The van der Waals surface area contributed by atoms with Crippen molar-refractivity contribution in [3.63, 3.8) is 0 Å². The molecule has 2 saturated heterocycles. The molecule has 0 aromatic carbocycles. The van der Waals surface area contributed by atoms with Crippen molar-refractivity contribution in [2.45, 2.75) is 45.1 Å². The average molecular weight is 449 g/mol. The van der Waals surface area contributed by atoms with Crippen molar-refractivity contribution in [3.05, 3.63) is 36.6 Å². The Morgan fingerprint density at radius 3 is 2.45 bits per heavy atom. The molecule has 0 saturated carbocycles. The second-order valence-corrected chi connectivity index (χ2v) is 13.5. The van der Waals surface area contributed by atoms with Crippen LogP contribution in [0.2, 0.25) is 19.6 Å². The van der Waals surface area contributed by atoms with Crippen LogP contribution >= 0.6 is 0 Å². The van der Waals surface area contributed by atoms with E-state index in [1.807, 2.05) is 6.92 Å². The Morgan fingerprint density at radius 1 is 1.19 bits per heavy atom. The molecule has 0 bridgehead atoms. The Labute approximate surface area is 184 Å². The monoisotopic (exact) mass is 448 g/mol. The smallest absolute Gasteiger partial charge is 0.410 e. The van der Waals surface area contributed by atoms with Crippen LogP contribution in [0.5, 0.6) is 0 Å². The van der Waals surface area contributed by atoms with Crippen LogP contribution in [0.15, 0.2) is 36.6 Å². The number of nitrogens with zero attached hydrogens (tertiary/aromatic N) is 2. The number of piperidine rings is 1. The minimum absolute atomic E-state index is 0.0749. The number of esters is 1. The second kappa shape index (κ2) is 9.00. The first-order valence-electron chi connectivity index (χ1n) is 10.6. The summed E-state index contributed by atoms with van der Waals surface area (Å²) in [5.74, 6) is -1.15. The van der Waals surface area contributed by atoms with Crippen LogP contribution in [0.1, 0.15) is 13.3 Å². The number of hydrogen-bond acceptors (Lipinski definition) is 6. The lowest BCUT2D eigenvalue weighted by molar-refractivity contribution is -0.163. The van der Waals surface area contributed by atoms with Crippen molar-refractivity contribution in [1.82, 2.24) is 9.80 Å². The van der Waals surface area contributed by atoms with E-state index < -0.39 is 20.4 Å². The Kier molecular flexibility index (Phi) is 6.75. The molecule has 0 aliphatic carbocycles. The van der Waals surface area contributed by atoms with Crippen LogP contribution in [0.3, 0.4) is 0 Å². The highest BCUT2D eigenvalue weighted by molar-refractivity contribution is 6.69. The van der Waals surface area contributed by atoms with Gasteiger partial charge >= 0.3 is 12.1 Å². The summed E-state index contributed by atoms with van der Waals surface area (Å²) in [7, 11) is -1.87. The largest absolute Gasteiger partial charge is 0.457 e. The van der Waals surface area contributed by atoms with Crippen LogP contribution in [-0.4, -0.2) is 74.5 Å². The lowest BCUT2D eigenvalue weighted by Crippen LogP contribution is -2.66. The topological polar surface area (TPSA) is 85.4 Å². The number of ether oxygens (including phenoxy) is 2. The molecule has 3 rings (SSSR count). The Balaban J connectivity index is 1.87. The highest BCUT2D eigenvalue weighted by Gasteiger charge is 2.62. The summed E-state index contributed by atoms with van der Waals surface area (Å²) in [6, 6.07) is -0.227. The number of likely N-dealkylation sites (tertiary alicyclic amines) is 1. The molecule has 2 amide bonds. The van der Waals surface area contributed by atoms with Crippen LogP contribution in [0, 0.1) is 11.8 Å². The first kappa shape index (κ1) is 23.3. The molecule has 0 spiro atoms. The molecule has 0 unspecified atom stereocenters. The van der Waals surface area contributed by atoms with Gasteiger partial charge in [-0.1, -0.05) is 25.3 Å². The van der Waals surface area contributed by atoms with E-state index in [1.165, 1.54) is 12.2 Å². The van der Waals surface area contributed by atoms with Gasteiger partial charge in [0.2, 0.25) is 5.91 Å². The van der Waals surface area contributed by atoms with Gasteiger partial charge in [-0.2, -0.15) is 0 Å². The van der Waals surface area contributed by atoms with Crippen molar-refractivity contribution >= 4 is 26.3 Å². The molecule has 9 heteroatoms. The van der Waals surface area contributed by atoms with Crippen LogP contribution in [0.4, 0.5) is 4.79 Å². The number of carbonyl (C=O) groups is 3. The maximum absolute atomic E-state index is 13.1. The van der Waals surface area contributed by atoms with Crippen LogP contribution in [0.25, 0.3) is 0 Å². The molecule has 3 heterocycles. The lowest BCUT2D eigenvalue weighted by Gasteiger charge is -2.50. The number of rotatable bonds is 8. The molecule has 31 heavy (non-hydrogen) atoms. The molecule has 0 aromatic heterocycles. The number of β-lactam (4-membered cyclic amide) rings is 1. The third-order valence-electron chi connectivity index (χ3n) is 5.82. The van der Waals surface area contributed by atoms with E-state index in [4.69, 9.17) is 13.9 Å². The van der Waals surface area contributed by atoms with E-state index in [2.05, 4.69) is 32.8 Å². The van der Waals surface area contributed by atoms with Crippen LogP contribution < -0.4 is 0 Å². The van der Waals surface area contributed by atoms with Crippen molar-refractivity contribution in [3.8, 4) is 0 Å². The van der Waals surface area contributed by atoms with Gasteiger partial charge in [0, 0.05) is 19.0 Å². The molecular formula is C22H32N2O6Si. The molecule has 0 radical (unpaired) electrons. The lowest BCUT2D eigenvalue weighted by atomic mass is 9.75. The van der Waals surface area contributed by atoms with Crippen molar-refractivity contribution in [1.29, 1.82) is 0 Å². The van der Waals surface area contributed by atoms with Gasteiger partial charge in [-0.25, -0.2) is 9.59 Å². The standard InChI is InChI=1S/C22H32N2O6Si/c1-7-11-28-21(26)19-15-9-10-23(22(27)29-12-8-2)13-16(15)18-17(20(25)24(18)19)14(3)30-31(4,5)6/h7-8,14,16-18H,1-2,9-13H2,3-6H3/t14-,16+,17-,18-/m1/s1. The van der Waals surface area contributed by atoms with Crippen molar-refractivity contribution in [2.75, 3.05) is 26.3 Å². The summed E-state index contributed by atoms with van der Waals surface area (Å²) in [5.41, 5.74) is 1.21. The number of amides is 2. The quantitative estimate of drug-likeness (QED) is 0.246. The first-order chi connectivity index (χ1) is 14.6. The molecule has 2 fully saturated rings. The van der Waals surface area contributed by atoms with Crippen LogP contribution in [-0.2, 0) is 23.5 Å². The Hall–Kier alpha value is -2.39. The molecule has 8 nitrogen and oxygen atoms in total. The van der Waals surface area contributed by atoms with Gasteiger partial charge in [-0.3, -0.25) is 4.79 Å². The summed E-state index contributed by atoms with van der Waals surface area (Å²) in [6.07, 6.45) is 2.82. The van der Waals surface area contributed by atoms with E-state index in [1.54, 1.807) is 9.80 Å². The summed E-state index contributed by atoms with van der Waals surface area (Å²) >= 11 is 0. The fourth-order valence-corrected chi connectivity index (χ4v) is 6.06. The predicted octanol–water partition coefficient (Wildman–Crippen LogP) is 2.69. The highest BCUT2D eigenvalue weighted by Crippen LogP contribution is 2.50. The number of carbonyl (C=O) groups excluding carboxylic acids is 3. The third-order valence-corrected chi connectivity index (χ3v) is 6.89. The molecule has 0 N–H and O–H groups in total. The molecule has 3 aliphatic heterocycles. The SMILES string of the molecule is C=CCOC(=O)C1=C2CCN(C(=O)OCC=C)C[C@@H]2[C@@H]2[C@@H]([C@@H](C)O[Si](C)(C)C)C(=O)N12. The summed E-state index contributed by atoms with van der Waals surface area (Å²) in [4.78, 5) is 41.6. The fraction of sp³-hybridized carbons (Fsp3) is 0.591. The van der Waals surface area contributed by atoms with Gasteiger partial charge in [0.15, 0.2) is 8.32 Å². The van der Waals surface area contributed by atoms with Gasteiger partial charge in [-0.15, -0.1) is 0 Å². The summed E-state index contributed by atoms with van der Waals surface area (Å²) in [5, 5.41) is 0. The Bertz CT molecular complexity index is 817. The third kappa shape index (κ3) is 4.47. The normalized spacial score (nSPS) is 25.9. The summed E-state index contributed by atoms with van der Waals surface area (Å²) < 4.78 is 16.7. The van der Waals surface area contributed by atoms with Gasteiger partial charge in [0.25, 0.3) is 0 Å². The van der Waals surface area contributed by atoms with Crippen molar-refractivity contribution in [2.24, 2.45) is 11.8 Å². The maximum Gasteiger partial charge on any atom is 0.410 e.